The van der Waals surface area contributed by atoms with E-state index in [1.165, 1.54) is 0 Å². The van der Waals surface area contributed by atoms with E-state index in [1.54, 1.807) is 12.2 Å². The maximum absolute atomic E-state index is 14.2. The van der Waals surface area contributed by atoms with Gasteiger partial charge in [0.2, 0.25) is 0 Å². The summed E-state index contributed by atoms with van der Waals surface area (Å²) in [5, 5.41) is 4.20. The molecule has 0 aromatic heterocycles. The van der Waals surface area contributed by atoms with Gasteiger partial charge in [-0.2, -0.15) is 0 Å². The smallest absolute Gasteiger partial charge is 0.186 e. The molecule has 0 radical (unpaired) electrons. The van der Waals surface area contributed by atoms with Crippen LogP contribution in [0.5, 0.6) is 0 Å². The van der Waals surface area contributed by atoms with Gasteiger partial charge in [-0.1, -0.05) is 206 Å². The van der Waals surface area contributed by atoms with Gasteiger partial charge in [0.15, 0.2) is 11.6 Å². The average molecular weight is 719 g/mol. The number of carbonyl (C=O) groups excluding carboxylic acids is 2. The Morgan fingerprint density at radius 1 is 0.268 bits per heavy atom. The number of ketones is 2. The summed E-state index contributed by atoms with van der Waals surface area (Å²) < 4.78 is 0. The van der Waals surface area contributed by atoms with Crippen molar-refractivity contribution in [2.75, 3.05) is 0 Å². The fourth-order valence-corrected chi connectivity index (χ4v) is 7.07. The third-order valence-electron chi connectivity index (χ3n) is 9.96. The Balaban J connectivity index is 1.33. The quantitative estimate of drug-likeness (QED) is 0.0758. The summed E-state index contributed by atoms with van der Waals surface area (Å²) >= 11 is 0. The van der Waals surface area contributed by atoms with Gasteiger partial charge in [0.25, 0.3) is 0 Å². The third-order valence-corrected chi connectivity index (χ3v) is 9.96. The first-order valence-corrected chi connectivity index (χ1v) is 18.7. The Kier molecular flexibility index (Phi) is 10.6. The maximum Gasteiger partial charge on any atom is 0.186 e. The lowest BCUT2D eigenvalue weighted by molar-refractivity contribution is 0.103. The molecule has 2 heteroatoms. The van der Waals surface area contributed by atoms with Crippen LogP contribution in [0.4, 0.5) is 0 Å². The summed E-state index contributed by atoms with van der Waals surface area (Å²) in [4.78, 5) is 28.5. The largest absolute Gasteiger partial charge is 0.289 e. The van der Waals surface area contributed by atoms with Crippen molar-refractivity contribution in [2.24, 2.45) is 0 Å². The van der Waals surface area contributed by atoms with Crippen molar-refractivity contribution in [3.63, 3.8) is 0 Å². The minimum absolute atomic E-state index is 0.0884. The first kappa shape index (κ1) is 35.6. The summed E-state index contributed by atoms with van der Waals surface area (Å²) in [6, 6.07) is 68.2. The average Bonchev–Trinajstić information content (AvgIpc) is 3.27. The summed E-state index contributed by atoms with van der Waals surface area (Å²) in [7, 11) is 0. The van der Waals surface area contributed by atoms with Gasteiger partial charge in [0.1, 0.15) is 0 Å². The van der Waals surface area contributed by atoms with E-state index in [9.17, 15) is 9.59 Å². The van der Waals surface area contributed by atoms with Crippen molar-refractivity contribution >= 4 is 55.4 Å². The van der Waals surface area contributed by atoms with Crippen molar-refractivity contribution in [1.82, 2.24) is 0 Å². The summed E-state index contributed by atoms with van der Waals surface area (Å²) in [5.41, 5.74) is 8.28. The number of carbonyl (C=O) groups is 2. The normalized spacial score (nSPS) is 12.5. The van der Waals surface area contributed by atoms with E-state index in [-0.39, 0.29) is 11.6 Å². The molecule has 8 aromatic carbocycles. The fraction of sp³-hybridized carbons (Fsp3) is 0. The standard InChI is InChI=1S/C54H38O2/c55-53(47-31-29-39-17-13-15-27-45(39)35-47)37-51(43-23-9-3-10-24-43)49(41-19-5-1-6-20-41)33-34-50(42-21-7-2-8-22-42)52(44-25-11-4-12-26-44)38-54(56)48-32-30-40-18-14-16-28-46(40)36-48/h1-38H/b49-33+,50-34+,51-37+,52-38+. The van der Waals surface area contributed by atoms with Crippen LogP contribution in [0.1, 0.15) is 43.0 Å². The molecule has 0 bridgehead atoms. The van der Waals surface area contributed by atoms with Gasteiger partial charge in [-0.3, -0.25) is 9.59 Å². The molecule has 8 aromatic rings. The van der Waals surface area contributed by atoms with Crippen molar-refractivity contribution in [3.8, 4) is 0 Å². The lowest BCUT2D eigenvalue weighted by Gasteiger charge is -2.16. The van der Waals surface area contributed by atoms with Crippen LogP contribution in [0.15, 0.2) is 231 Å². The highest BCUT2D eigenvalue weighted by Gasteiger charge is 2.17. The molecule has 0 aliphatic carbocycles. The van der Waals surface area contributed by atoms with Crippen LogP contribution < -0.4 is 0 Å². The van der Waals surface area contributed by atoms with Crippen LogP contribution in [0.2, 0.25) is 0 Å². The van der Waals surface area contributed by atoms with Crippen LogP contribution >= 0.6 is 0 Å². The molecule has 8 rings (SSSR count). The first-order valence-electron chi connectivity index (χ1n) is 18.7. The molecule has 56 heavy (non-hydrogen) atoms. The van der Waals surface area contributed by atoms with Crippen molar-refractivity contribution in [1.29, 1.82) is 0 Å². The van der Waals surface area contributed by atoms with E-state index in [2.05, 4.69) is 48.6 Å². The molecule has 0 amide bonds. The van der Waals surface area contributed by atoms with Gasteiger partial charge >= 0.3 is 0 Å². The highest BCUT2D eigenvalue weighted by molar-refractivity contribution is 6.20. The monoisotopic (exact) mass is 718 g/mol. The number of hydrogen-bond donors (Lipinski definition) is 0. The zero-order valence-electron chi connectivity index (χ0n) is 30.8. The van der Waals surface area contributed by atoms with E-state index >= 15 is 0 Å². The third kappa shape index (κ3) is 8.06. The van der Waals surface area contributed by atoms with Crippen LogP contribution in [-0.2, 0) is 0 Å². The number of hydrogen-bond acceptors (Lipinski definition) is 2. The van der Waals surface area contributed by atoms with Crippen LogP contribution in [0.25, 0.3) is 43.8 Å². The predicted octanol–water partition coefficient (Wildman–Crippen LogP) is 13.4. The molecule has 0 N–H and O–H groups in total. The summed E-state index contributed by atoms with van der Waals surface area (Å²) in [6.45, 7) is 0. The Morgan fingerprint density at radius 2 is 0.554 bits per heavy atom. The minimum atomic E-state index is -0.0884. The zero-order chi connectivity index (χ0) is 38.1. The van der Waals surface area contributed by atoms with Gasteiger partial charge in [-0.25, -0.2) is 0 Å². The van der Waals surface area contributed by atoms with Crippen molar-refractivity contribution in [3.05, 3.63) is 264 Å². The topological polar surface area (TPSA) is 34.1 Å². The molecule has 0 unspecified atom stereocenters. The van der Waals surface area contributed by atoms with E-state index in [4.69, 9.17) is 0 Å². The Bertz CT molecular complexity index is 2590. The second kappa shape index (κ2) is 16.7. The van der Waals surface area contributed by atoms with Crippen LogP contribution in [0, 0.1) is 0 Å². The molecule has 0 spiro atoms. The number of allylic oxidation sites excluding steroid dienone is 8. The van der Waals surface area contributed by atoms with E-state index in [0.29, 0.717) is 11.1 Å². The SMILES string of the molecule is O=C(/C=C(/C(=C/C=C(/C(=C/C(=O)c1ccc2ccccc2c1)c1ccccc1)c1ccccc1)c1ccccc1)c1ccccc1)c1ccc2ccccc2c1. The molecule has 0 aliphatic heterocycles. The maximum atomic E-state index is 14.2. The summed E-state index contributed by atoms with van der Waals surface area (Å²) in [6.07, 6.45) is 7.68. The molecule has 0 fully saturated rings. The first-order chi connectivity index (χ1) is 27.6. The number of benzene rings is 8. The molecule has 0 atom stereocenters. The lowest BCUT2D eigenvalue weighted by Crippen LogP contribution is -2.00. The van der Waals surface area contributed by atoms with Crippen LogP contribution in [0.3, 0.4) is 0 Å². The fourth-order valence-electron chi connectivity index (χ4n) is 7.07. The molecule has 266 valence electrons. The van der Waals surface area contributed by atoms with E-state index < -0.39 is 0 Å². The molecular formula is C54H38O2. The summed E-state index contributed by atoms with van der Waals surface area (Å²) in [5.74, 6) is -0.177. The van der Waals surface area contributed by atoms with Gasteiger partial charge in [-0.15, -0.1) is 0 Å². The lowest BCUT2D eigenvalue weighted by atomic mass is 9.87. The highest BCUT2D eigenvalue weighted by Crippen LogP contribution is 2.36. The van der Waals surface area contributed by atoms with Gasteiger partial charge in [-0.05, 0) is 90.4 Å². The Labute approximate surface area is 327 Å². The zero-order valence-corrected chi connectivity index (χ0v) is 30.8. The van der Waals surface area contributed by atoms with Crippen LogP contribution in [-0.4, -0.2) is 11.6 Å². The number of rotatable bonds is 11. The van der Waals surface area contributed by atoms with Crippen molar-refractivity contribution in [2.45, 2.75) is 0 Å². The predicted molar refractivity (Wildman–Crippen MR) is 234 cm³/mol. The molecule has 0 heterocycles. The van der Waals surface area contributed by atoms with Gasteiger partial charge in [0, 0.05) is 11.1 Å². The Hall–Kier alpha value is -7.42. The second-order valence-electron chi connectivity index (χ2n) is 13.6. The highest BCUT2D eigenvalue weighted by atomic mass is 16.1. The van der Waals surface area contributed by atoms with Gasteiger partial charge in [0.05, 0.1) is 0 Å². The minimum Gasteiger partial charge on any atom is -0.289 e. The van der Waals surface area contributed by atoms with E-state index in [1.807, 2.05) is 170 Å². The molecule has 2 nitrogen and oxygen atoms in total. The Morgan fingerprint density at radius 3 is 0.893 bits per heavy atom. The van der Waals surface area contributed by atoms with E-state index in [0.717, 1.165) is 66.1 Å². The molecule has 0 saturated carbocycles. The molecule has 0 saturated heterocycles. The molecule has 0 aliphatic rings. The second-order valence-corrected chi connectivity index (χ2v) is 13.6. The molecular weight excluding hydrogens is 681 g/mol. The number of fused-ring (bicyclic) bond motifs is 2. The van der Waals surface area contributed by atoms with Gasteiger partial charge < -0.3 is 0 Å². The van der Waals surface area contributed by atoms with Crippen molar-refractivity contribution < 1.29 is 9.59 Å².